The second kappa shape index (κ2) is 6.64. The van der Waals surface area contributed by atoms with Crippen LogP contribution in [0.2, 0.25) is 0 Å². The molecule has 116 valence electrons. The molecule has 2 heterocycles. The molecule has 0 unspecified atom stereocenters. The van der Waals surface area contributed by atoms with E-state index in [0.717, 1.165) is 21.1 Å². The lowest BCUT2D eigenvalue weighted by Crippen LogP contribution is -2.00. The van der Waals surface area contributed by atoms with E-state index in [4.69, 9.17) is 0 Å². The van der Waals surface area contributed by atoms with Crippen LogP contribution >= 0.6 is 11.8 Å². The van der Waals surface area contributed by atoms with E-state index in [-0.39, 0.29) is 0 Å². The Balaban J connectivity index is 1.74. The number of para-hydroxylation sites is 1. The molecule has 6 heteroatoms. The Hall–Kier alpha value is -2.99. The molecular formula is C18H13N5S. The van der Waals surface area contributed by atoms with Crippen molar-refractivity contribution in [3.05, 3.63) is 73.1 Å². The van der Waals surface area contributed by atoms with Crippen LogP contribution in [0, 0.1) is 0 Å². The predicted molar refractivity (Wildman–Crippen MR) is 95.4 cm³/mol. The van der Waals surface area contributed by atoms with Crippen molar-refractivity contribution < 1.29 is 0 Å². The van der Waals surface area contributed by atoms with E-state index in [1.165, 1.54) is 11.8 Å². The van der Waals surface area contributed by atoms with E-state index in [2.05, 4.69) is 25.5 Å². The summed E-state index contributed by atoms with van der Waals surface area (Å²) in [7, 11) is 0. The fourth-order valence-electron chi connectivity index (χ4n) is 2.27. The monoisotopic (exact) mass is 331 g/mol. The molecule has 0 aliphatic rings. The van der Waals surface area contributed by atoms with Gasteiger partial charge in [-0.3, -0.25) is 0 Å². The minimum atomic E-state index is 0.599. The van der Waals surface area contributed by atoms with Crippen LogP contribution in [0.3, 0.4) is 0 Å². The molecule has 0 radical (unpaired) electrons. The average molecular weight is 331 g/mol. The molecule has 0 aliphatic carbocycles. The Morgan fingerprint density at radius 1 is 0.708 bits per heavy atom. The van der Waals surface area contributed by atoms with Crippen LogP contribution in [0.4, 0.5) is 11.5 Å². The molecule has 0 bridgehead atoms. The van der Waals surface area contributed by atoms with Crippen LogP contribution in [-0.4, -0.2) is 20.2 Å². The molecule has 0 saturated carbocycles. The number of fused-ring (bicyclic) bond motifs is 1. The van der Waals surface area contributed by atoms with Crippen LogP contribution in [0.25, 0.3) is 11.0 Å². The third kappa shape index (κ3) is 3.04. The zero-order valence-corrected chi connectivity index (χ0v) is 13.4. The number of rotatable bonds is 4. The van der Waals surface area contributed by atoms with Gasteiger partial charge in [-0.1, -0.05) is 48.2 Å². The van der Waals surface area contributed by atoms with Crippen LogP contribution < -0.4 is 5.32 Å². The molecule has 2 aromatic heterocycles. The highest BCUT2D eigenvalue weighted by Gasteiger charge is 2.13. The van der Waals surface area contributed by atoms with Crippen molar-refractivity contribution in [3.63, 3.8) is 0 Å². The number of benzene rings is 2. The average Bonchev–Trinajstić information content (AvgIpc) is 2.65. The standard InChI is InChI=1S/C18H13N5S/c1-3-7-13(8-4-1)21-17-15-16(20-12-11-19-15)18(23-22-17)24-14-9-5-2-6-10-14/h1-12H,(H,21,22). The summed E-state index contributed by atoms with van der Waals surface area (Å²) in [6.07, 6.45) is 3.34. The van der Waals surface area contributed by atoms with Crippen molar-refractivity contribution in [3.8, 4) is 0 Å². The number of hydrogen-bond acceptors (Lipinski definition) is 6. The minimum absolute atomic E-state index is 0.599. The Kier molecular flexibility index (Phi) is 4.04. The predicted octanol–water partition coefficient (Wildman–Crippen LogP) is 4.31. The maximum absolute atomic E-state index is 4.45. The van der Waals surface area contributed by atoms with E-state index in [1.54, 1.807) is 12.4 Å². The van der Waals surface area contributed by atoms with Gasteiger partial charge in [-0.2, -0.15) is 0 Å². The lowest BCUT2D eigenvalue weighted by Gasteiger charge is -2.09. The molecule has 0 atom stereocenters. The Labute approximate surface area is 143 Å². The summed E-state index contributed by atoms with van der Waals surface area (Å²) in [5.74, 6) is 0.599. The third-order valence-corrected chi connectivity index (χ3v) is 4.34. The van der Waals surface area contributed by atoms with Gasteiger partial charge in [0.2, 0.25) is 0 Å². The quantitative estimate of drug-likeness (QED) is 0.601. The van der Waals surface area contributed by atoms with Crippen molar-refractivity contribution in [1.82, 2.24) is 20.2 Å². The van der Waals surface area contributed by atoms with Gasteiger partial charge in [-0.05, 0) is 24.3 Å². The van der Waals surface area contributed by atoms with Crippen LogP contribution in [0.1, 0.15) is 0 Å². The second-order valence-corrected chi connectivity index (χ2v) is 6.08. The summed E-state index contributed by atoms with van der Waals surface area (Å²) in [5.41, 5.74) is 2.37. The highest BCUT2D eigenvalue weighted by Crippen LogP contribution is 2.32. The summed E-state index contributed by atoms with van der Waals surface area (Å²) < 4.78 is 0. The molecule has 0 aliphatic heterocycles. The minimum Gasteiger partial charge on any atom is -0.337 e. The van der Waals surface area contributed by atoms with Gasteiger partial charge in [0.25, 0.3) is 0 Å². The molecule has 1 N–H and O–H groups in total. The summed E-state index contributed by atoms with van der Waals surface area (Å²) in [5, 5.41) is 12.7. The van der Waals surface area contributed by atoms with Gasteiger partial charge in [0, 0.05) is 23.0 Å². The zero-order valence-electron chi connectivity index (χ0n) is 12.6. The summed E-state index contributed by atoms with van der Waals surface area (Å²) >= 11 is 1.53. The maximum atomic E-state index is 4.45. The number of nitrogens with zero attached hydrogens (tertiary/aromatic N) is 4. The molecule has 24 heavy (non-hydrogen) atoms. The molecule has 0 saturated heterocycles. The molecule has 0 amide bonds. The SMILES string of the molecule is c1ccc(Nc2nnc(Sc3ccccc3)c3nccnc23)cc1. The summed E-state index contributed by atoms with van der Waals surface area (Å²) in [4.78, 5) is 9.98. The maximum Gasteiger partial charge on any atom is 0.181 e. The molecule has 5 nitrogen and oxygen atoms in total. The van der Waals surface area contributed by atoms with Crippen LogP contribution in [0.5, 0.6) is 0 Å². The van der Waals surface area contributed by atoms with E-state index in [1.807, 2.05) is 60.7 Å². The van der Waals surface area contributed by atoms with Crippen LogP contribution in [-0.2, 0) is 0 Å². The molecule has 4 aromatic rings. The fourth-order valence-corrected chi connectivity index (χ4v) is 3.11. The first kappa shape index (κ1) is 14.6. The number of hydrogen-bond donors (Lipinski definition) is 1. The molecule has 2 aromatic carbocycles. The zero-order chi connectivity index (χ0) is 16.2. The summed E-state index contributed by atoms with van der Waals surface area (Å²) in [6, 6.07) is 19.9. The smallest absolute Gasteiger partial charge is 0.181 e. The van der Waals surface area contributed by atoms with Crippen molar-refractivity contribution >= 4 is 34.3 Å². The Morgan fingerprint density at radius 2 is 1.38 bits per heavy atom. The third-order valence-electron chi connectivity index (χ3n) is 3.36. The van der Waals surface area contributed by atoms with E-state index >= 15 is 0 Å². The van der Waals surface area contributed by atoms with E-state index in [9.17, 15) is 0 Å². The first-order valence-electron chi connectivity index (χ1n) is 7.42. The lowest BCUT2D eigenvalue weighted by atomic mass is 10.3. The Morgan fingerprint density at radius 3 is 2.12 bits per heavy atom. The van der Waals surface area contributed by atoms with Gasteiger partial charge in [-0.15, -0.1) is 10.2 Å². The normalized spacial score (nSPS) is 10.7. The highest BCUT2D eigenvalue weighted by atomic mass is 32.2. The topological polar surface area (TPSA) is 63.6 Å². The number of nitrogens with one attached hydrogen (secondary N) is 1. The number of anilines is 2. The van der Waals surface area contributed by atoms with Gasteiger partial charge >= 0.3 is 0 Å². The van der Waals surface area contributed by atoms with Crippen molar-refractivity contribution in [2.45, 2.75) is 9.92 Å². The lowest BCUT2D eigenvalue weighted by molar-refractivity contribution is 0.945. The van der Waals surface area contributed by atoms with Crippen molar-refractivity contribution in [1.29, 1.82) is 0 Å². The van der Waals surface area contributed by atoms with Gasteiger partial charge in [0.05, 0.1) is 0 Å². The molecule has 0 spiro atoms. The molecule has 4 rings (SSSR count). The first-order chi connectivity index (χ1) is 11.9. The highest BCUT2D eigenvalue weighted by molar-refractivity contribution is 7.99. The van der Waals surface area contributed by atoms with Gasteiger partial charge < -0.3 is 5.32 Å². The van der Waals surface area contributed by atoms with Gasteiger partial charge in [0.15, 0.2) is 10.8 Å². The second-order valence-electron chi connectivity index (χ2n) is 5.01. The van der Waals surface area contributed by atoms with Gasteiger partial charge in [-0.25, -0.2) is 9.97 Å². The van der Waals surface area contributed by atoms with E-state index < -0.39 is 0 Å². The van der Waals surface area contributed by atoms with Crippen molar-refractivity contribution in [2.75, 3.05) is 5.32 Å². The Bertz CT molecular complexity index is 881. The van der Waals surface area contributed by atoms with E-state index in [0.29, 0.717) is 11.3 Å². The summed E-state index contributed by atoms with van der Waals surface area (Å²) in [6.45, 7) is 0. The van der Waals surface area contributed by atoms with Crippen LogP contribution in [0.15, 0.2) is 83.0 Å². The van der Waals surface area contributed by atoms with Gasteiger partial charge in [0.1, 0.15) is 11.0 Å². The van der Waals surface area contributed by atoms with Crippen molar-refractivity contribution in [2.24, 2.45) is 0 Å². The number of aromatic nitrogens is 4. The molecular weight excluding hydrogens is 318 g/mol. The molecule has 0 fully saturated rings. The largest absolute Gasteiger partial charge is 0.337 e. The first-order valence-corrected chi connectivity index (χ1v) is 8.24. The fraction of sp³-hybridized carbons (Fsp3) is 0.